The third-order valence-corrected chi connectivity index (χ3v) is 2.19. The normalized spacial score (nSPS) is 10.0. The molecule has 0 unspecified atom stereocenters. The van der Waals surface area contributed by atoms with Crippen molar-refractivity contribution in [1.82, 2.24) is 4.90 Å². The van der Waals surface area contributed by atoms with E-state index in [1.54, 1.807) is 0 Å². The van der Waals surface area contributed by atoms with E-state index in [9.17, 15) is 0 Å². The summed E-state index contributed by atoms with van der Waals surface area (Å²) in [6.07, 6.45) is 3.99. The second kappa shape index (κ2) is 7.90. The summed E-state index contributed by atoms with van der Waals surface area (Å²) < 4.78 is 0. The van der Waals surface area contributed by atoms with Gasteiger partial charge in [-0.05, 0) is 32.0 Å². The number of nitrogens with zero attached hydrogens (tertiary/aromatic N) is 2. The van der Waals surface area contributed by atoms with Gasteiger partial charge in [0.1, 0.15) is 0 Å². The molecule has 0 aliphatic rings. The van der Waals surface area contributed by atoms with E-state index in [0.29, 0.717) is 6.42 Å². The maximum Gasteiger partial charge on any atom is 0.0635 e. The summed E-state index contributed by atoms with van der Waals surface area (Å²) in [5, 5.41) is 8.31. The molecule has 0 saturated carbocycles. The van der Waals surface area contributed by atoms with Crippen LogP contribution in [-0.2, 0) is 0 Å². The molecule has 0 spiro atoms. The van der Waals surface area contributed by atoms with Crippen molar-refractivity contribution in [3.8, 4) is 6.07 Å². The monoisotopic (exact) mass is 172 g/mol. The summed E-state index contributed by atoms with van der Waals surface area (Å²) in [5.74, 6) is 1.22. The Morgan fingerprint density at radius 1 is 1.45 bits per heavy atom. The first-order chi connectivity index (χ1) is 5.31. The first kappa shape index (κ1) is 10.8. The molecule has 3 heteroatoms. The Kier molecular flexibility index (Phi) is 7.76. The Morgan fingerprint density at radius 2 is 2.18 bits per heavy atom. The Hall–Kier alpha value is -0.200. The van der Waals surface area contributed by atoms with Crippen molar-refractivity contribution in [3.05, 3.63) is 0 Å². The van der Waals surface area contributed by atoms with Gasteiger partial charge in [0.2, 0.25) is 0 Å². The second-order valence-corrected chi connectivity index (χ2v) is 3.54. The van der Waals surface area contributed by atoms with Gasteiger partial charge in [-0.1, -0.05) is 0 Å². The molecule has 0 aromatic carbocycles. The highest BCUT2D eigenvalue weighted by Gasteiger charge is 1.95. The minimum atomic E-state index is 0.649. The SMILES string of the molecule is CSCCCN(C)CCC#N. The van der Waals surface area contributed by atoms with Crippen LogP contribution in [0.15, 0.2) is 0 Å². The molecule has 2 nitrogen and oxygen atoms in total. The highest BCUT2D eigenvalue weighted by molar-refractivity contribution is 7.98. The molecule has 0 bridgehead atoms. The van der Waals surface area contributed by atoms with Gasteiger partial charge in [0.05, 0.1) is 6.07 Å². The van der Waals surface area contributed by atoms with E-state index < -0.39 is 0 Å². The number of hydrogen-bond donors (Lipinski definition) is 0. The number of nitriles is 1. The largest absolute Gasteiger partial charge is 0.305 e. The molecule has 0 rings (SSSR count). The zero-order valence-corrected chi connectivity index (χ0v) is 8.15. The van der Waals surface area contributed by atoms with Crippen LogP contribution in [0.1, 0.15) is 12.8 Å². The molecular weight excluding hydrogens is 156 g/mol. The summed E-state index contributed by atoms with van der Waals surface area (Å²) in [6.45, 7) is 2.02. The lowest BCUT2D eigenvalue weighted by Gasteiger charge is -2.13. The van der Waals surface area contributed by atoms with E-state index in [0.717, 1.165) is 13.1 Å². The first-order valence-corrected chi connectivity index (χ1v) is 5.25. The van der Waals surface area contributed by atoms with E-state index in [-0.39, 0.29) is 0 Å². The molecule has 0 aliphatic carbocycles. The Bertz CT molecular complexity index is 120. The van der Waals surface area contributed by atoms with Crippen LogP contribution in [0.4, 0.5) is 0 Å². The van der Waals surface area contributed by atoms with Gasteiger partial charge < -0.3 is 4.90 Å². The molecule has 0 saturated heterocycles. The Morgan fingerprint density at radius 3 is 2.73 bits per heavy atom. The lowest BCUT2D eigenvalue weighted by Crippen LogP contribution is -2.20. The van der Waals surface area contributed by atoms with Crippen molar-refractivity contribution >= 4 is 11.8 Å². The molecular formula is C8H16N2S. The van der Waals surface area contributed by atoms with Gasteiger partial charge in [0, 0.05) is 13.0 Å². The maximum atomic E-state index is 8.31. The molecule has 0 amide bonds. The average Bonchev–Trinajstić information content (AvgIpc) is 2.01. The first-order valence-electron chi connectivity index (χ1n) is 3.85. The fourth-order valence-electron chi connectivity index (χ4n) is 0.831. The zero-order chi connectivity index (χ0) is 8.53. The van der Waals surface area contributed by atoms with Gasteiger partial charge in [-0.25, -0.2) is 0 Å². The van der Waals surface area contributed by atoms with Crippen LogP contribution >= 0.6 is 11.8 Å². The summed E-state index contributed by atoms with van der Waals surface area (Å²) in [6, 6.07) is 2.14. The van der Waals surface area contributed by atoms with Gasteiger partial charge in [-0.15, -0.1) is 0 Å². The minimum absolute atomic E-state index is 0.649. The molecule has 0 atom stereocenters. The fraction of sp³-hybridized carbons (Fsp3) is 0.875. The van der Waals surface area contributed by atoms with Crippen molar-refractivity contribution in [1.29, 1.82) is 5.26 Å². The van der Waals surface area contributed by atoms with E-state index >= 15 is 0 Å². The van der Waals surface area contributed by atoms with Gasteiger partial charge in [0.15, 0.2) is 0 Å². The average molecular weight is 172 g/mol. The molecule has 0 heterocycles. The molecule has 0 aromatic rings. The van der Waals surface area contributed by atoms with Crippen LogP contribution < -0.4 is 0 Å². The number of rotatable bonds is 6. The summed E-state index contributed by atoms with van der Waals surface area (Å²) in [5.41, 5.74) is 0. The summed E-state index contributed by atoms with van der Waals surface area (Å²) in [4.78, 5) is 2.21. The van der Waals surface area contributed by atoms with E-state index in [1.165, 1.54) is 12.2 Å². The topological polar surface area (TPSA) is 27.0 Å². The molecule has 64 valence electrons. The Balaban J connectivity index is 3.10. The summed E-state index contributed by atoms with van der Waals surface area (Å²) >= 11 is 1.88. The molecule has 0 aliphatic heterocycles. The van der Waals surface area contributed by atoms with Crippen LogP contribution in [0.2, 0.25) is 0 Å². The van der Waals surface area contributed by atoms with Gasteiger partial charge in [-0.2, -0.15) is 17.0 Å². The summed E-state index contributed by atoms with van der Waals surface area (Å²) in [7, 11) is 2.07. The van der Waals surface area contributed by atoms with Crippen molar-refractivity contribution in [2.75, 3.05) is 32.1 Å². The maximum absolute atomic E-state index is 8.31. The molecule has 0 N–H and O–H groups in total. The van der Waals surface area contributed by atoms with E-state index in [4.69, 9.17) is 5.26 Å². The third kappa shape index (κ3) is 7.70. The van der Waals surface area contributed by atoms with Gasteiger partial charge >= 0.3 is 0 Å². The molecule has 0 fully saturated rings. The van der Waals surface area contributed by atoms with Crippen LogP contribution in [0, 0.1) is 11.3 Å². The highest BCUT2D eigenvalue weighted by atomic mass is 32.2. The second-order valence-electron chi connectivity index (χ2n) is 2.56. The van der Waals surface area contributed by atoms with Crippen LogP contribution in [0.5, 0.6) is 0 Å². The zero-order valence-electron chi connectivity index (χ0n) is 7.34. The predicted octanol–water partition coefficient (Wildman–Crippen LogP) is 1.58. The van der Waals surface area contributed by atoms with Crippen molar-refractivity contribution < 1.29 is 0 Å². The van der Waals surface area contributed by atoms with Gasteiger partial charge in [-0.3, -0.25) is 0 Å². The molecule has 11 heavy (non-hydrogen) atoms. The quantitative estimate of drug-likeness (QED) is 0.569. The lowest BCUT2D eigenvalue weighted by molar-refractivity contribution is 0.344. The van der Waals surface area contributed by atoms with E-state index in [2.05, 4.69) is 24.3 Å². The van der Waals surface area contributed by atoms with Crippen LogP contribution in [-0.4, -0.2) is 37.0 Å². The lowest BCUT2D eigenvalue weighted by atomic mass is 10.4. The third-order valence-electron chi connectivity index (χ3n) is 1.49. The number of hydrogen-bond acceptors (Lipinski definition) is 3. The minimum Gasteiger partial charge on any atom is -0.305 e. The number of thioether (sulfide) groups is 1. The molecule has 0 radical (unpaired) electrons. The van der Waals surface area contributed by atoms with Crippen LogP contribution in [0.25, 0.3) is 0 Å². The van der Waals surface area contributed by atoms with Crippen LogP contribution in [0.3, 0.4) is 0 Å². The standard InChI is InChI=1S/C8H16N2S/c1-10(6-3-5-9)7-4-8-11-2/h3-4,6-8H2,1-2H3. The molecule has 0 aromatic heterocycles. The van der Waals surface area contributed by atoms with E-state index in [1.807, 2.05) is 11.8 Å². The van der Waals surface area contributed by atoms with Crippen molar-refractivity contribution in [3.63, 3.8) is 0 Å². The fourth-order valence-corrected chi connectivity index (χ4v) is 1.25. The predicted molar refractivity (Wildman–Crippen MR) is 50.7 cm³/mol. The highest BCUT2D eigenvalue weighted by Crippen LogP contribution is 1.97. The smallest absolute Gasteiger partial charge is 0.0635 e. The van der Waals surface area contributed by atoms with Crippen molar-refractivity contribution in [2.45, 2.75) is 12.8 Å². The van der Waals surface area contributed by atoms with Gasteiger partial charge in [0.25, 0.3) is 0 Å². The van der Waals surface area contributed by atoms with Crippen molar-refractivity contribution in [2.24, 2.45) is 0 Å². The Labute approximate surface area is 73.6 Å².